The number of halogens is 2. The van der Waals surface area contributed by atoms with E-state index < -0.39 is 6.61 Å². The molecular weight excluding hydrogens is 232 g/mol. The highest BCUT2D eigenvalue weighted by molar-refractivity contribution is 5.72. The lowest BCUT2D eigenvalue weighted by Crippen LogP contribution is -2.26. The number of anilines is 1. The minimum atomic E-state index is -2.85. The normalized spacial score (nSPS) is 10.1. The quantitative estimate of drug-likeness (QED) is 0.740. The van der Waals surface area contributed by atoms with E-state index in [0.717, 1.165) is 0 Å². The summed E-state index contributed by atoms with van der Waals surface area (Å²) in [4.78, 5) is 14.4. The molecule has 1 heterocycles. The Kier molecular flexibility index (Phi) is 5.12. The van der Waals surface area contributed by atoms with Gasteiger partial charge in [-0.25, -0.2) is 4.98 Å². The molecular formula is C10H13F2N3O2. The van der Waals surface area contributed by atoms with Gasteiger partial charge >= 0.3 is 6.61 Å². The number of hydrogen-bond acceptors (Lipinski definition) is 4. The van der Waals surface area contributed by atoms with Gasteiger partial charge in [0, 0.05) is 20.0 Å². The maximum atomic E-state index is 11.8. The summed E-state index contributed by atoms with van der Waals surface area (Å²) < 4.78 is 27.8. The maximum absolute atomic E-state index is 11.8. The van der Waals surface area contributed by atoms with E-state index in [2.05, 4.69) is 20.4 Å². The average molecular weight is 245 g/mol. The van der Waals surface area contributed by atoms with Crippen LogP contribution in [0.4, 0.5) is 14.6 Å². The first-order chi connectivity index (χ1) is 8.08. The number of carbonyl (C=O) groups is 1. The van der Waals surface area contributed by atoms with Gasteiger partial charge in [0.05, 0.1) is 6.20 Å². The lowest BCUT2D eigenvalue weighted by molar-refractivity contribution is -0.118. The number of amides is 1. The Bertz CT molecular complexity index is 357. The molecule has 1 aromatic rings. The highest BCUT2D eigenvalue weighted by atomic mass is 19.3. The molecule has 1 aromatic heterocycles. The topological polar surface area (TPSA) is 63.2 Å². The van der Waals surface area contributed by atoms with Gasteiger partial charge in [-0.15, -0.1) is 0 Å². The van der Waals surface area contributed by atoms with Crippen LogP contribution in [0.2, 0.25) is 0 Å². The Morgan fingerprint density at radius 1 is 1.47 bits per heavy atom. The van der Waals surface area contributed by atoms with Crippen molar-refractivity contribution in [2.24, 2.45) is 0 Å². The molecule has 7 heteroatoms. The van der Waals surface area contributed by atoms with E-state index in [1.807, 2.05) is 0 Å². The van der Waals surface area contributed by atoms with E-state index in [-0.39, 0.29) is 11.7 Å². The molecule has 5 nitrogen and oxygen atoms in total. The smallest absolute Gasteiger partial charge is 0.387 e. The van der Waals surface area contributed by atoms with Gasteiger partial charge in [-0.1, -0.05) is 0 Å². The van der Waals surface area contributed by atoms with Crippen LogP contribution in [0, 0.1) is 0 Å². The Hall–Kier alpha value is -1.92. The van der Waals surface area contributed by atoms with Crippen LogP contribution in [0.15, 0.2) is 18.3 Å². The van der Waals surface area contributed by atoms with Crippen LogP contribution in [-0.2, 0) is 4.79 Å². The summed E-state index contributed by atoms with van der Waals surface area (Å²) in [6.07, 6.45) is 1.20. The lowest BCUT2D eigenvalue weighted by Gasteiger charge is -2.07. The van der Waals surface area contributed by atoms with Gasteiger partial charge in [0.15, 0.2) is 0 Å². The number of carbonyl (C=O) groups excluding carboxylic acids is 1. The van der Waals surface area contributed by atoms with Crippen LogP contribution >= 0.6 is 0 Å². The second kappa shape index (κ2) is 6.62. The van der Waals surface area contributed by atoms with E-state index in [0.29, 0.717) is 18.9 Å². The van der Waals surface area contributed by atoms with Gasteiger partial charge in [0.25, 0.3) is 0 Å². The number of nitrogens with one attached hydrogen (secondary N) is 2. The third-order valence-corrected chi connectivity index (χ3v) is 1.77. The van der Waals surface area contributed by atoms with Crippen LogP contribution in [0.5, 0.6) is 5.75 Å². The predicted molar refractivity (Wildman–Crippen MR) is 58.0 cm³/mol. The Balaban J connectivity index is 2.32. The fourth-order valence-corrected chi connectivity index (χ4v) is 1.09. The first kappa shape index (κ1) is 13.1. The van der Waals surface area contributed by atoms with Crippen LogP contribution in [-0.4, -0.2) is 30.6 Å². The number of pyridine rings is 1. The van der Waals surface area contributed by atoms with E-state index >= 15 is 0 Å². The molecule has 2 N–H and O–H groups in total. The number of aromatic nitrogens is 1. The van der Waals surface area contributed by atoms with Gasteiger partial charge in [0.1, 0.15) is 11.6 Å². The number of nitrogens with zero attached hydrogens (tertiary/aromatic N) is 1. The summed E-state index contributed by atoms with van der Waals surface area (Å²) in [5.41, 5.74) is 0. The van der Waals surface area contributed by atoms with Gasteiger partial charge < -0.3 is 15.4 Å². The zero-order chi connectivity index (χ0) is 12.7. The molecule has 1 rings (SSSR count). The van der Waals surface area contributed by atoms with E-state index in [1.165, 1.54) is 25.3 Å². The van der Waals surface area contributed by atoms with Crippen molar-refractivity contribution in [3.05, 3.63) is 18.3 Å². The average Bonchev–Trinajstić information content (AvgIpc) is 2.25. The lowest BCUT2D eigenvalue weighted by atomic mass is 10.4. The molecule has 0 radical (unpaired) electrons. The third kappa shape index (κ3) is 5.64. The van der Waals surface area contributed by atoms with Crippen molar-refractivity contribution in [2.75, 3.05) is 18.4 Å². The van der Waals surface area contributed by atoms with E-state index in [4.69, 9.17) is 0 Å². The molecule has 0 fully saturated rings. The van der Waals surface area contributed by atoms with Crippen LogP contribution in [0.25, 0.3) is 0 Å². The minimum Gasteiger partial charge on any atom is -0.433 e. The van der Waals surface area contributed by atoms with E-state index in [1.54, 1.807) is 0 Å². The van der Waals surface area contributed by atoms with Gasteiger partial charge in [-0.2, -0.15) is 8.78 Å². The fraction of sp³-hybridized carbons (Fsp3) is 0.400. The zero-order valence-corrected chi connectivity index (χ0v) is 9.24. The first-order valence-corrected chi connectivity index (χ1v) is 4.97. The van der Waals surface area contributed by atoms with Gasteiger partial charge in [0.2, 0.25) is 5.91 Å². The second-order valence-electron chi connectivity index (χ2n) is 3.17. The highest BCUT2D eigenvalue weighted by Crippen LogP contribution is 2.14. The summed E-state index contributed by atoms with van der Waals surface area (Å²) in [7, 11) is 0. The minimum absolute atomic E-state index is 0.00686. The number of rotatable bonds is 6. The molecule has 0 saturated carbocycles. The summed E-state index contributed by atoms with van der Waals surface area (Å²) >= 11 is 0. The Labute approximate surface area is 97.2 Å². The number of hydrogen-bond donors (Lipinski definition) is 2. The fourth-order valence-electron chi connectivity index (χ4n) is 1.09. The van der Waals surface area contributed by atoms with Crippen molar-refractivity contribution in [3.63, 3.8) is 0 Å². The molecule has 0 bridgehead atoms. The van der Waals surface area contributed by atoms with Crippen molar-refractivity contribution in [2.45, 2.75) is 13.5 Å². The standard InChI is InChI=1S/C10H13F2N3O2/c1-7(16)13-4-5-14-9-3-2-8(6-15-9)17-10(11)12/h2-3,6,10H,4-5H2,1H3,(H,13,16)(H,14,15). The van der Waals surface area contributed by atoms with Crippen molar-refractivity contribution < 1.29 is 18.3 Å². The molecule has 0 saturated heterocycles. The molecule has 0 unspecified atom stereocenters. The molecule has 17 heavy (non-hydrogen) atoms. The molecule has 94 valence electrons. The molecule has 0 aromatic carbocycles. The van der Waals surface area contributed by atoms with Crippen LogP contribution < -0.4 is 15.4 Å². The van der Waals surface area contributed by atoms with Crippen molar-refractivity contribution in [3.8, 4) is 5.75 Å². The maximum Gasteiger partial charge on any atom is 0.387 e. The SMILES string of the molecule is CC(=O)NCCNc1ccc(OC(F)F)cn1. The number of ether oxygens (including phenoxy) is 1. The number of alkyl halides is 2. The van der Waals surface area contributed by atoms with E-state index in [9.17, 15) is 13.6 Å². The summed E-state index contributed by atoms with van der Waals surface area (Å²) in [6, 6.07) is 2.91. The first-order valence-electron chi connectivity index (χ1n) is 4.97. The second-order valence-corrected chi connectivity index (χ2v) is 3.17. The molecule has 0 aliphatic rings. The third-order valence-electron chi connectivity index (χ3n) is 1.77. The molecule has 1 amide bonds. The van der Waals surface area contributed by atoms with Crippen LogP contribution in [0.1, 0.15) is 6.92 Å². The molecule has 0 atom stereocenters. The largest absolute Gasteiger partial charge is 0.433 e. The predicted octanol–water partition coefficient (Wildman–Crippen LogP) is 1.23. The molecule has 0 aliphatic heterocycles. The summed E-state index contributed by atoms with van der Waals surface area (Å²) in [5, 5.41) is 5.51. The van der Waals surface area contributed by atoms with Gasteiger partial charge in [-0.05, 0) is 12.1 Å². The van der Waals surface area contributed by atoms with Gasteiger partial charge in [-0.3, -0.25) is 4.79 Å². The van der Waals surface area contributed by atoms with Crippen molar-refractivity contribution in [1.82, 2.24) is 10.3 Å². The molecule has 0 spiro atoms. The summed E-state index contributed by atoms with van der Waals surface area (Å²) in [6.45, 7) is -0.460. The van der Waals surface area contributed by atoms with Crippen molar-refractivity contribution >= 4 is 11.7 Å². The summed E-state index contributed by atoms with van der Waals surface area (Å²) in [5.74, 6) is 0.421. The molecule has 0 aliphatic carbocycles. The Morgan fingerprint density at radius 2 is 2.24 bits per heavy atom. The monoisotopic (exact) mass is 245 g/mol. The van der Waals surface area contributed by atoms with Crippen molar-refractivity contribution in [1.29, 1.82) is 0 Å². The van der Waals surface area contributed by atoms with Crippen LogP contribution in [0.3, 0.4) is 0 Å². The highest BCUT2D eigenvalue weighted by Gasteiger charge is 2.04. The zero-order valence-electron chi connectivity index (χ0n) is 9.24. The Morgan fingerprint density at radius 3 is 2.76 bits per heavy atom.